The molecule has 124 valence electrons. The number of oxime groups is 1. The fourth-order valence-electron chi connectivity index (χ4n) is 2.20. The first kappa shape index (κ1) is 16.6. The number of aromatic nitrogens is 1. The minimum Gasteiger partial charge on any atom is -0.398 e. The van der Waals surface area contributed by atoms with Crippen molar-refractivity contribution in [1.82, 2.24) is 4.98 Å². The van der Waals surface area contributed by atoms with Crippen LogP contribution in [-0.4, -0.2) is 17.8 Å². The molecule has 1 N–H and O–H groups in total. The lowest BCUT2D eigenvalue weighted by molar-refractivity contribution is 0.214. The molecule has 0 aliphatic heterocycles. The van der Waals surface area contributed by atoms with E-state index in [0.717, 1.165) is 11.3 Å². The van der Waals surface area contributed by atoms with E-state index in [1.165, 1.54) is 24.5 Å². The minimum absolute atomic E-state index is 0.185. The number of rotatable bonds is 5. The largest absolute Gasteiger partial charge is 0.398 e. The Balaban J connectivity index is 1.87. The van der Waals surface area contributed by atoms with Crippen LogP contribution in [0.25, 0.3) is 11.3 Å². The average molecular weight is 352 g/mol. The van der Waals surface area contributed by atoms with Crippen molar-refractivity contribution in [3.8, 4) is 17.3 Å². The summed E-state index contributed by atoms with van der Waals surface area (Å²) < 4.78 is 13.7. The van der Waals surface area contributed by atoms with E-state index in [1.54, 1.807) is 24.3 Å². The van der Waals surface area contributed by atoms with Crippen molar-refractivity contribution in [3.63, 3.8) is 0 Å². The lowest BCUT2D eigenvalue weighted by Crippen LogP contribution is -1.98. The zero-order valence-electron chi connectivity index (χ0n) is 13.2. The van der Waals surface area contributed by atoms with Crippen LogP contribution in [0.5, 0.6) is 0 Å². The molecule has 7 heteroatoms. The third-order valence-electron chi connectivity index (χ3n) is 3.34. The van der Waals surface area contributed by atoms with Crippen molar-refractivity contribution in [3.05, 3.63) is 65.3 Å². The van der Waals surface area contributed by atoms with Gasteiger partial charge in [-0.15, -0.1) is 11.3 Å². The summed E-state index contributed by atoms with van der Waals surface area (Å²) in [7, 11) is 1.39. The predicted octanol–water partition coefficient (Wildman–Crippen LogP) is 4.57. The smallest absolute Gasteiger partial charge is 0.187 e. The first-order valence-corrected chi connectivity index (χ1v) is 8.18. The van der Waals surface area contributed by atoms with Gasteiger partial charge in [0.2, 0.25) is 0 Å². The molecule has 5 nitrogen and oxygen atoms in total. The average Bonchev–Trinajstić information content (AvgIpc) is 3.10. The summed E-state index contributed by atoms with van der Waals surface area (Å²) in [6.07, 6.45) is 0. The van der Waals surface area contributed by atoms with Crippen LogP contribution in [0.3, 0.4) is 0 Å². The van der Waals surface area contributed by atoms with Crippen LogP contribution in [0.1, 0.15) is 5.56 Å². The Bertz CT molecular complexity index is 961. The van der Waals surface area contributed by atoms with Crippen LogP contribution in [0.15, 0.2) is 59.1 Å². The Kier molecular flexibility index (Phi) is 5.02. The molecule has 0 saturated heterocycles. The molecule has 1 aromatic heterocycles. The second-order valence-corrected chi connectivity index (χ2v) is 5.82. The first-order valence-electron chi connectivity index (χ1n) is 7.30. The van der Waals surface area contributed by atoms with E-state index in [4.69, 9.17) is 5.26 Å². The molecule has 0 spiro atoms. The second-order valence-electron chi connectivity index (χ2n) is 4.96. The summed E-state index contributed by atoms with van der Waals surface area (Å²) in [5.41, 5.74) is 2.74. The summed E-state index contributed by atoms with van der Waals surface area (Å²) in [5, 5.41) is 18.3. The molecule has 3 aromatic rings. The Labute approximate surface area is 148 Å². The van der Waals surface area contributed by atoms with Crippen molar-refractivity contribution >= 4 is 27.9 Å². The van der Waals surface area contributed by atoms with Gasteiger partial charge in [-0.2, -0.15) is 5.26 Å². The highest BCUT2D eigenvalue weighted by Crippen LogP contribution is 2.28. The van der Waals surface area contributed by atoms with E-state index < -0.39 is 0 Å². The van der Waals surface area contributed by atoms with Gasteiger partial charge in [-0.05, 0) is 18.2 Å². The zero-order valence-corrected chi connectivity index (χ0v) is 14.0. The zero-order chi connectivity index (χ0) is 17.6. The van der Waals surface area contributed by atoms with Gasteiger partial charge in [-0.25, -0.2) is 9.37 Å². The van der Waals surface area contributed by atoms with Gasteiger partial charge in [0.05, 0.1) is 11.4 Å². The number of benzene rings is 2. The monoisotopic (exact) mass is 352 g/mol. The number of halogens is 1. The van der Waals surface area contributed by atoms with Crippen molar-refractivity contribution in [2.75, 3.05) is 12.4 Å². The summed E-state index contributed by atoms with van der Waals surface area (Å²) in [6.45, 7) is 0. The predicted molar refractivity (Wildman–Crippen MR) is 96.4 cm³/mol. The molecule has 2 aromatic carbocycles. The van der Waals surface area contributed by atoms with Crippen LogP contribution in [-0.2, 0) is 4.84 Å². The SMILES string of the molecule is CO/N=C(\C#N)c1cccc(-c2csc(Nc3ccccc3F)n2)c1. The number of nitrogens with one attached hydrogen (secondary N) is 1. The van der Waals surface area contributed by atoms with E-state index in [2.05, 4.69) is 20.3 Å². The maximum atomic E-state index is 13.7. The summed E-state index contributed by atoms with van der Waals surface area (Å²) in [5.74, 6) is -0.337. The molecule has 0 unspecified atom stereocenters. The molecular weight excluding hydrogens is 339 g/mol. The topological polar surface area (TPSA) is 70.3 Å². The van der Waals surface area contributed by atoms with Gasteiger partial charge in [0.15, 0.2) is 10.8 Å². The molecule has 3 rings (SSSR count). The Morgan fingerprint density at radius 3 is 2.88 bits per heavy atom. The van der Waals surface area contributed by atoms with Crippen molar-refractivity contribution in [1.29, 1.82) is 5.26 Å². The number of anilines is 2. The molecule has 0 radical (unpaired) electrons. The third kappa shape index (κ3) is 3.82. The standard InChI is InChI=1S/C18H13FN4OS/c1-24-23-16(10-20)12-5-4-6-13(9-12)17-11-25-18(22-17)21-15-8-3-2-7-14(15)19/h2-9,11H,1H3,(H,21,22)/b23-16+. The van der Waals surface area contributed by atoms with Gasteiger partial charge < -0.3 is 10.2 Å². The number of nitriles is 1. The lowest BCUT2D eigenvalue weighted by Gasteiger charge is -2.03. The van der Waals surface area contributed by atoms with E-state index in [1.807, 2.05) is 29.6 Å². The van der Waals surface area contributed by atoms with Crippen LogP contribution >= 0.6 is 11.3 Å². The lowest BCUT2D eigenvalue weighted by atomic mass is 10.1. The van der Waals surface area contributed by atoms with Crippen molar-refractivity contribution in [2.45, 2.75) is 0 Å². The summed E-state index contributed by atoms with van der Waals surface area (Å²) in [6, 6.07) is 15.7. The number of para-hydroxylation sites is 1. The van der Waals surface area contributed by atoms with E-state index >= 15 is 0 Å². The highest BCUT2D eigenvalue weighted by atomic mass is 32.1. The van der Waals surface area contributed by atoms with Crippen LogP contribution in [0, 0.1) is 17.1 Å². The van der Waals surface area contributed by atoms with Gasteiger partial charge in [0.1, 0.15) is 19.0 Å². The van der Waals surface area contributed by atoms with E-state index in [-0.39, 0.29) is 11.5 Å². The van der Waals surface area contributed by atoms with E-state index in [0.29, 0.717) is 16.4 Å². The molecular formula is C18H13FN4OS. The molecule has 0 bridgehead atoms. The highest BCUT2D eigenvalue weighted by Gasteiger charge is 2.10. The Morgan fingerprint density at radius 1 is 1.28 bits per heavy atom. The van der Waals surface area contributed by atoms with Crippen LogP contribution in [0.2, 0.25) is 0 Å². The number of hydrogen-bond donors (Lipinski definition) is 1. The maximum Gasteiger partial charge on any atom is 0.187 e. The van der Waals surface area contributed by atoms with Gasteiger partial charge in [0, 0.05) is 16.5 Å². The molecule has 0 amide bonds. The Hall–Kier alpha value is -3.24. The number of hydrogen-bond acceptors (Lipinski definition) is 6. The molecule has 25 heavy (non-hydrogen) atoms. The van der Waals surface area contributed by atoms with Crippen LogP contribution in [0.4, 0.5) is 15.2 Å². The second kappa shape index (κ2) is 7.55. The van der Waals surface area contributed by atoms with Crippen molar-refractivity contribution < 1.29 is 9.23 Å². The quantitative estimate of drug-likeness (QED) is 0.539. The molecule has 1 heterocycles. The summed E-state index contributed by atoms with van der Waals surface area (Å²) in [4.78, 5) is 9.16. The minimum atomic E-state index is -0.337. The molecule has 0 saturated carbocycles. The first-order chi connectivity index (χ1) is 12.2. The third-order valence-corrected chi connectivity index (χ3v) is 4.10. The van der Waals surface area contributed by atoms with Crippen molar-refractivity contribution in [2.24, 2.45) is 5.16 Å². The maximum absolute atomic E-state index is 13.7. The molecule has 0 aliphatic rings. The van der Waals surface area contributed by atoms with Gasteiger partial charge in [-0.1, -0.05) is 35.5 Å². The molecule has 0 fully saturated rings. The van der Waals surface area contributed by atoms with Gasteiger partial charge in [0.25, 0.3) is 0 Å². The number of nitrogens with zero attached hydrogens (tertiary/aromatic N) is 3. The normalized spacial score (nSPS) is 11.0. The summed E-state index contributed by atoms with van der Waals surface area (Å²) >= 11 is 1.37. The fourth-order valence-corrected chi connectivity index (χ4v) is 2.93. The molecule has 0 aliphatic carbocycles. The van der Waals surface area contributed by atoms with Crippen LogP contribution < -0.4 is 5.32 Å². The van der Waals surface area contributed by atoms with E-state index in [9.17, 15) is 4.39 Å². The number of thiazole rings is 1. The fraction of sp³-hybridized carbons (Fsp3) is 0.0556. The highest BCUT2D eigenvalue weighted by molar-refractivity contribution is 7.14. The van der Waals surface area contributed by atoms with Gasteiger partial charge in [-0.3, -0.25) is 0 Å². The Morgan fingerprint density at radius 2 is 2.12 bits per heavy atom. The molecule has 0 atom stereocenters. The van der Waals surface area contributed by atoms with Gasteiger partial charge >= 0.3 is 0 Å².